The quantitative estimate of drug-likeness (QED) is 0.0344. The third kappa shape index (κ3) is 38.3. The molecule has 0 aliphatic heterocycles. The largest absolute Gasteiger partial charge is 0.466 e. The number of carbonyl (C=O) groups excluding carboxylic acids is 3. The van der Waals surface area contributed by atoms with E-state index in [4.69, 9.17) is 14.2 Å². The van der Waals surface area contributed by atoms with E-state index in [-0.39, 0.29) is 29.7 Å². The molecule has 0 aliphatic rings. The van der Waals surface area contributed by atoms with Gasteiger partial charge < -0.3 is 19.1 Å². The first-order valence-electron chi connectivity index (χ1n) is 25.1. The molecule has 0 fully saturated rings. The minimum Gasteiger partial charge on any atom is -0.466 e. The third-order valence-corrected chi connectivity index (χ3v) is 11.7. The molecule has 0 aliphatic carbocycles. The standard InChI is InChI=1S/C50H97NO6/c1-6-10-14-18-20-28-38-47(36-26-16-12-8-3)49(53)56-44-33-24-22-30-40-51(42-32-35-43-55-46(5)52)41-31-23-25-34-45-57-50(54)48(37-27-17-13-9-4)39-29-21-19-15-11-7-2/h47-48H,6-45H2,1-5H3. The van der Waals surface area contributed by atoms with Gasteiger partial charge in [0.25, 0.3) is 0 Å². The van der Waals surface area contributed by atoms with Crippen LogP contribution in [0.25, 0.3) is 0 Å². The molecule has 0 saturated carbocycles. The number of unbranched alkanes of at least 4 members (excludes halogenated alkanes) is 23. The van der Waals surface area contributed by atoms with Gasteiger partial charge in [-0.2, -0.15) is 0 Å². The topological polar surface area (TPSA) is 82.1 Å². The van der Waals surface area contributed by atoms with Crippen LogP contribution in [0.4, 0.5) is 0 Å². The van der Waals surface area contributed by atoms with Crippen LogP contribution in [0.5, 0.6) is 0 Å². The van der Waals surface area contributed by atoms with E-state index >= 15 is 0 Å². The highest BCUT2D eigenvalue weighted by Gasteiger charge is 2.20. The van der Waals surface area contributed by atoms with Crippen molar-refractivity contribution in [1.82, 2.24) is 4.90 Å². The lowest BCUT2D eigenvalue weighted by atomic mass is 9.94. The summed E-state index contributed by atoms with van der Waals surface area (Å²) in [5.74, 6) is 0.0420. The average molecular weight is 808 g/mol. The Morgan fingerprint density at radius 2 is 0.614 bits per heavy atom. The second kappa shape index (κ2) is 43.9. The zero-order valence-electron chi connectivity index (χ0n) is 38.8. The lowest BCUT2D eigenvalue weighted by Crippen LogP contribution is -2.27. The van der Waals surface area contributed by atoms with Crippen molar-refractivity contribution in [2.75, 3.05) is 39.5 Å². The van der Waals surface area contributed by atoms with Crippen molar-refractivity contribution in [2.45, 2.75) is 253 Å². The molecular formula is C50H97NO6. The first-order valence-corrected chi connectivity index (χ1v) is 25.1. The van der Waals surface area contributed by atoms with Crippen molar-refractivity contribution in [3.8, 4) is 0 Å². The Morgan fingerprint density at radius 1 is 0.351 bits per heavy atom. The van der Waals surface area contributed by atoms with E-state index in [1.165, 1.54) is 110 Å². The molecular weight excluding hydrogens is 711 g/mol. The molecule has 2 unspecified atom stereocenters. The third-order valence-electron chi connectivity index (χ3n) is 11.7. The number of esters is 3. The van der Waals surface area contributed by atoms with E-state index < -0.39 is 0 Å². The van der Waals surface area contributed by atoms with Crippen LogP contribution in [0, 0.1) is 11.8 Å². The molecule has 0 aromatic rings. The van der Waals surface area contributed by atoms with E-state index in [1.54, 1.807) is 0 Å². The maximum atomic E-state index is 13.0. The van der Waals surface area contributed by atoms with Crippen molar-refractivity contribution >= 4 is 17.9 Å². The van der Waals surface area contributed by atoms with Gasteiger partial charge in [-0.3, -0.25) is 14.4 Å². The van der Waals surface area contributed by atoms with Crippen LogP contribution in [-0.4, -0.2) is 62.3 Å². The summed E-state index contributed by atoms with van der Waals surface area (Å²) in [7, 11) is 0. The smallest absolute Gasteiger partial charge is 0.308 e. The van der Waals surface area contributed by atoms with Crippen LogP contribution in [0.2, 0.25) is 0 Å². The molecule has 0 spiro atoms. The number of ether oxygens (including phenoxy) is 3. The van der Waals surface area contributed by atoms with Gasteiger partial charge in [0.05, 0.1) is 31.7 Å². The van der Waals surface area contributed by atoms with Crippen molar-refractivity contribution in [2.24, 2.45) is 11.8 Å². The van der Waals surface area contributed by atoms with Gasteiger partial charge >= 0.3 is 17.9 Å². The molecule has 7 nitrogen and oxygen atoms in total. The summed E-state index contributed by atoms with van der Waals surface area (Å²) in [5, 5.41) is 0. The van der Waals surface area contributed by atoms with Gasteiger partial charge in [-0.15, -0.1) is 0 Å². The van der Waals surface area contributed by atoms with Crippen molar-refractivity contribution in [3.63, 3.8) is 0 Å². The van der Waals surface area contributed by atoms with Gasteiger partial charge in [0.2, 0.25) is 0 Å². The Kier molecular flexibility index (Phi) is 42.7. The first kappa shape index (κ1) is 55.4. The fraction of sp³-hybridized carbons (Fsp3) is 0.940. The van der Waals surface area contributed by atoms with Crippen molar-refractivity contribution < 1.29 is 28.6 Å². The highest BCUT2D eigenvalue weighted by atomic mass is 16.5. The minimum atomic E-state index is -0.205. The maximum Gasteiger partial charge on any atom is 0.308 e. The molecule has 0 bridgehead atoms. The summed E-state index contributed by atoms with van der Waals surface area (Å²) in [5.41, 5.74) is 0. The fourth-order valence-electron chi connectivity index (χ4n) is 7.89. The van der Waals surface area contributed by atoms with Crippen LogP contribution < -0.4 is 0 Å². The monoisotopic (exact) mass is 808 g/mol. The Hall–Kier alpha value is -1.63. The number of hydrogen-bond donors (Lipinski definition) is 0. The number of nitrogens with zero attached hydrogens (tertiary/aromatic N) is 1. The summed E-state index contributed by atoms with van der Waals surface area (Å²) in [6.07, 6.45) is 39.3. The molecule has 0 N–H and O–H groups in total. The van der Waals surface area contributed by atoms with Gasteiger partial charge in [0.1, 0.15) is 0 Å². The first-order chi connectivity index (χ1) is 27.9. The lowest BCUT2D eigenvalue weighted by molar-refractivity contribution is -0.150. The number of rotatable bonds is 45. The highest BCUT2D eigenvalue weighted by Crippen LogP contribution is 2.22. The van der Waals surface area contributed by atoms with Gasteiger partial charge in [-0.05, 0) is 83.8 Å². The van der Waals surface area contributed by atoms with Crippen LogP contribution in [0.1, 0.15) is 253 Å². The Bertz CT molecular complexity index is 823. The van der Waals surface area contributed by atoms with E-state index in [0.717, 1.165) is 135 Å². The van der Waals surface area contributed by atoms with Crippen LogP contribution >= 0.6 is 0 Å². The Labute approximate surface area is 354 Å². The van der Waals surface area contributed by atoms with E-state index in [1.807, 2.05) is 0 Å². The molecule has 0 aromatic heterocycles. The van der Waals surface area contributed by atoms with Crippen molar-refractivity contribution in [1.29, 1.82) is 0 Å². The van der Waals surface area contributed by atoms with Crippen LogP contribution in [-0.2, 0) is 28.6 Å². The summed E-state index contributed by atoms with van der Waals surface area (Å²) in [4.78, 5) is 39.8. The molecule has 0 saturated heterocycles. The fourth-order valence-corrected chi connectivity index (χ4v) is 7.89. The lowest BCUT2D eigenvalue weighted by Gasteiger charge is -2.22. The summed E-state index contributed by atoms with van der Waals surface area (Å²) in [6.45, 7) is 15.2. The molecule has 0 rings (SSSR count). The predicted octanol–water partition coefficient (Wildman–Crippen LogP) is 14.5. The minimum absolute atomic E-state index is 0.0450. The molecule has 0 aromatic carbocycles. The van der Waals surface area contributed by atoms with Crippen LogP contribution in [0.15, 0.2) is 0 Å². The molecule has 0 heterocycles. The summed E-state index contributed by atoms with van der Waals surface area (Å²) < 4.78 is 16.8. The van der Waals surface area contributed by atoms with E-state index in [0.29, 0.717) is 19.8 Å². The molecule has 0 radical (unpaired) electrons. The summed E-state index contributed by atoms with van der Waals surface area (Å²) >= 11 is 0. The normalized spacial score (nSPS) is 12.5. The van der Waals surface area contributed by atoms with Gasteiger partial charge in [0.15, 0.2) is 0 Å². The summed E-state index contributed by atoms with van der Waals surface area (Å²) in [6, 6.07) is 0. The average Bonchev–Trinajstić information content (AvgIpc) is 3.20. The Morgan fingerprint density at radius 3 is 0.982 bits per heavy atom. The zero-order valence-corrected chi connectivity index (χ0v) is 38.8. The second-order valence-electron chi connectivity index (χ2n) is 17.3. The second-order valence-corrected chi connectivity index (χ2v) is 17.3. The van der Waals surface area contributed by atoms with Crippen molar-refractivity contribution in [3.05, 3.63) is 0 Å². The maximum absolute atomic E-state index is 13.0. The Balaban J connectivity index is 4.55. The number of hydrogen-bond acceptors (Lipinski definition) is 7. The van der Waals surface area contributed by atoms with Gasteiger partial charge in [0, 0.05) is 6.92 Å². The molecule has 338 valence electrons. The van der Waals surface area contributed by atoms with Gasteiger partial charge in [-0.25, -0.2) is 0 Å². The molecule has 7 heteroatoms. The van der Waals surface area contributed by atoms with E-state index in [9.17, 15) is 14.4 Å². The number of carbonyl (C=O) groups is 3. The SMILES string of the molecule is CCCCCCCCC(CCCCCC)C(=O)OCCCCCCN(CCCCCCOC(=O)C(CCCCCC)CCCCCCCC)CCCCOC(C)=O. The van der Waals surface area contributed by atoms with Gasteiger partial charge in [-0.1, -0.05) is 182 Å². The van der Waals surface area contributed by atoms with Crippen LogP contribution in [0.3, 0.4) is 0 Å². The molecule has 57 heavy (non-hydrogen) atoms. The molecule has 0 amide bonds. The zero-order chi connectivity index (χ0) is 41.9. The predicted molar refractivity (Wildman–Crippen MR) is 242 cm³/mol. The molecule has 2 atom stereocenters. The van der Waals surface area contributed by atoms with E-state index in [2.05, 4.69) is 32.6 Å². The highest BCUT2D eigenvalue weighted by molar-refractivity contribution is 5.72.